The first-order valence-electron chi connectivity index (χ1n) is 9.99. The molecule has 0 N–H and O–H groups in total. The molecule has 0 bridgehead atoms. The number of piperazine rings is 1. The van der Waals surface area contributed by atoms with Gasteiger partial charge in [0.05, 0.1) is 6.61 Å². The van der Waals surface area contributed by atoms with Gasteiger partial charge in [0.1, 0.15) is 11.8 Å². The zero-order chi connectivity index (χ0) is 18.7. The molecule has 1 spiro atoms. The Balaban J connectivity index is 1.74. The number of carbonyl (C=O) groups is 3. The zero-order valence-electron chi connectivity index (χ0n) is 16.0. The molecule has 0 radical (unpaired) electrons. The van der Waals surface area contributed by atoms with Gasteiger partial charge in [-0.25, -0.2) is 0 Å². The second-order valence-electron chi connectivity index (χ2n) is 7.68. The molecule has 2 aliphatic heterocycles. The van der Waals surface area contributed by atoms with Gasteiger partial charge in [0.25, 0.3) is 0 Å². The summed E-state index contributed by atoms with van der Waals surface area (Å²) in [5.74, 6) is 0.0509. The maximum Gasteiger partial charge on any atom is 0.248 e. The Labute approximate surface area is 155 Å². The molecule has 0 unspecified atom stereocenters. The smallest absolute Gasteiger partial charge is 0.248 e. The van der Waals surface area contributed by atoms with Crippen LogP contribution < -0.4 is 0 Å². The van der Waals surface area contributed by atoms with E-state index in [-0.39, 0.29) is 17.7 Å². The molecule has 2 heterocycles. The zero-order valence-corrected chi connectivity index (χ0v) is 16.0. The Morgan fingerprint density at radius 3 is 2.19 bits per heavy atom. The van der Waals surface area contributed by atoms with E-state index in [1.165, 1.54) is 0 Å². The first-order chi connectivity index (χ1) is 12.5. The molecule has 1 aliphatic carbocycles. The predicted octanol–water partition coefficient (Wildman–Crippen LogP) is 1.37. The molecule has 3 rings (SSSR count). The van der Waals surface area contributed by atoms with Crippen molar-refractivity contribution in [3.8, 4) is 0 Å². The molecule has 1 atom stereocenters. The molecule has 0 aromatic carbocycles. The first kappa shape index (κ1) is 19.1. The Hall–Kier alpha value is -1.63. The summed E-state index contributed by atoms with van der Waals surface area (Å²) < 4.78 is 6.14. The van der Waals surface area contributed by atoms with E-state index in [1.807, 2.05) is 6.92 Å². The van der Waals surface area contributed by atoms with Gasteiger partial charge in [0.2, 0.25) is 17.7 Å². The third-order valence-electron chi connectivity index (χ3n) is 5.95. The van der Waals surface area contributed by atoms with Crippen molar-refractivity contribution in [2.24, 2.45) is 0 Å². The Kier molecular flexibility index (Phi) is 5.85. The minimum Gasteiger partial charge on any atom is -0.353 e. The highest BCUT2D eigenvalue weighted by molar-refractivity contribution is 5.89. The number of ether oxygens (including phenoxy) is 1. The molecule has 0 aromatic heterocycles. The van der Waals surface area contributed by atoms with Crippen LogP contribution in [-0.2, 0) is 19.1 Å². The second kappa shape index (κ2) is 7.94. The minimum atomic E-state index is -0.577. The lowest BCUT2D eigenvalue weighted by atomic mass is 9.89. The van der Waals surface area contributed by atoms with Crippen molar-refractivity contribution >= 4 is 17.7 Å². The van der Waals surface area contributed by atoms with Crippen LogP contribution in [0.1, 0.15) is 58.8 Å². The third-order valence-corrected chi connectivity index (χ3v) is 5.95. The van der Waals surface area contributed by atoms with E-state index < -0.39 is 11.8 Å². The van der Waals surface area contributed by atoms with Crippen molar-refractivity contribution in [2.45, 2.75) is 70.6 Å². The van der Waals surface area contributed by atoms with E-state index >= 15 is 0 Å². The highest BCUT2D eigenvalue weighted by atomic mass is 16.5. The van der Waals surface area contributed by atoms with Crippen molar-refractivity contribution in [2.75, 3.05) is 32.8 Å². The highest BCUT2D eigenvalue weighted by Crippen LogP contribution is 2.41. The second-order valence-corrected chi connectivity index (χ2v) is 7.68. The summed E-state index contributed by atoms with van der Waals surface area (Å²) in [6.45, 7) is 6.00. The highest BCUT2D eigenvalue weighted by Gasteiger charge is 2.53. The topological polar surface area (TPSA) is 70.2 Å². The summed E-state index contributed by atoms with van der Waals surface area (Å²) in [5, 5.41) is 0. The monoisotopic (exact) mass is 365 g/mol. The normalized spacial score (nSPS) is 25.6. The molecular weight excluding hydrogens is 334 g/mol. The molecule has 146 valence electrons. The van der Waals surface area contributed by atoms with Crippen LogP contribution in [0.2, 0.25) is 0 Å². The summed E-state index contributed by atoms with van der Waals surface area (Å²) in [6, 6.07) is -0.518. The molecule has 2 saturated heterocycles. The molecule has 26 heavy (non-hydrogen) atoms. The van der Waals surface area contributed by atoms with Gasteiger partial charge in [0, 0.05) is 39.5 Å². The van der Waals surface area contributed by atoms with Crippen molar-refractivity contribution in [3.05, 3.63) is 0 Å². The van der Waals surface area contributed by atoms with Crippen molar-refractivity contribution < 1.29 is 19.1 Å². The van der Waals surface area contributed by atoms with Crippen LogP contribution in [0.3, 0.4) is 0 Å². The molecule has 7 heteroatoms. The van der Waals surface area contributed by atoms with E-state index in [0.717, 1.165) is 38.5 Å². The standard InChI is InChI=1S/C19H31N3O4/c1-3-7-17(24)22-16(14-26-19(22)8-5-4-6-9-19)18(25)21-12-10-20(11-13-21)15(2)23/h16H,3-14H2,1-2H3/t16-/m1/s1. The van der Waals surface area contributed by atoms with E-state index in [1.54, 1.807) is 21.6 Å². The molecule has 3 aliphatic rings. The number of hydrogen-bond acceptors (Lipinski definition) is 4. The Morgan fingerprint density at radius 2 is 1.62 bits per heavy atom. The number of carbonyl (C=O) groups excluding carboxylic acids is 3. The van der Waals surface area contributed by atoms with Gasteiger partial charge in [-0.2, -0.15) is 0 Å². The van der Waals surface area contributed by atoms with Gasteiger partial charge in [-0.3, -0.25) is 19.3 Å². The number of nitrogens with zero attached hydrogens (tertiary/aromatic N) is 3. The van der Waals surface area contributed by atoms with E-state index in [0.29, 0.717) is 39.2 Å². The summed E-state index contributed by atoms with van der Waals surface area (Å²) in [5.41, 5.74) is -0.577. The van der Waals surface area contributed by atoms with Crippen molar-refractivity contribution in [1.82, 2.24) is 14.7 Å². The third kappa shape index (κ3) is 3.59. The summed E-state index contributed by atoms with van der Waals surface area (Å²) in [7, 11) is 0. The van der Waals surface area contributed by atoms with Gasteiger partial charge in [-0.1, -0.05) is 13.3 Å². The first-order valence-corrected chi connectivity index (χ1v) is 9.99. The lowest BCUT2D eigenvalue weighted by Gasteiger charge is -2.43. The van der Waals surface area contributed by atoms with E-state index in [4.69, 9.17) is 4.74 Å². The Morgan fingerprint density at radius 1 is 1.00 bits per heavy atom. The number of amides is 3. The summed E-state index contributed by atoms with van der Waals surface area (Å²) in [6.07, 6.45) is 6.10. The summed E-state index contributed by atoms with van der Waals surface area (Å²) in [4.78, 5) is 42.9. The molecule has 3 amide bonds. The Bertz CT molecular complexity index is 551. The van der Waals surface area contributed by atoms with Crippen LogP contribution in [0.15, 0.2) is 0 Å². The molecule has 3 fully saturated rings. The van der Waals surface area contributed by atoms with Crippen LogP contribution in [0.4, 0.5) is 0 Å². The van der Waals surface area contributed by atoms with Crippen LogP contribution in [0.25, 0.3) is 0 Å². The maximum absolute atomic E-state index is 13.2. The van der Waals surface area contributed by atoms with E-state index in [2.05, 4.69) is 0 Å². The van der Waals surface area contributed by atoms with E-state index in [9.17, 15) is 14.4 Å². The quantitative estimate of drug-likeness (QED) is 0.757. The van der Waals surface area contributed by atoms with Gasteiger partial charge < -0.3 is 14.5 Å². The van der Waals surface area contributed by atoms with Crippen LogP contribution in [-0.4, -0.2) is 77.0 Å². The molecular formula is C19H31N3O4. The molecule has 0 aromatic rings. The van der Waals surface area contributed by atoms with Crippen LogP contribution in [0, 0.1) is 0 Å². The molecule has 1 saturated carbocycles. The minimum absolute atomic E-state index is 0.0277. The van der Waals surface area contributed by atoms with Crippen LogP contribution in [0.5, 0.6) is 0 Å². The van der Waals surface area contributed by atoms with Gasteiger partial charge in [-0.15, -0.1) is 0 Å². The number of rotatable bonds is 3. The SMILES string of the molecule is CCCC(=O)N1[C@@H](C(=O)N2CCN(C(C)=O)CC2)COC12CCCCC2. The van der Waals surface area contributed by atoms with Crippen LogP contribution >= 0.6 is 0 Å². The maximum atomic E-state index is 13.2. The fraction of sp³-hybridized carbons (Fsp3) is 0.842. The average Bonchev–Trinajstić information content (AvgIpc) is 3.00. The summed E-state index contributed by atoms with van der Waals surface area (Å²) >= 11 is 0. The fourth-order valence-corrected chi connectivity index (χ4v) is 4.52. The predicted molar refractivity (Wildman–Crippen MR) is 96.1 cm³/mol. The lowest BCUT2D eigenvalue weighted by Crippen LogP contribution is -2.59. The van der Waals surface area contributed by atoms with Gasteiger partial charge in [-0.05, 0) is 32.1 Å². The van der Waals surface area contributed by atoms with Crippen molar-refractivity contribution in [1.29, 1.82) is 0 Å². The van der Waals surface area contributed by atoms with Crippen molar-refractivity contribution in [3.63, 3.8) is 0 Å². The number of hydrogen-bond donors (Lipinski definition) is 0. The fourth-order valence-electron chi connectivity index (χ4n) is 4.52. The van der Waals surface area contributed by atoms with Gasteiger partial charge >= 0.3 is 0 Å². The average molecular weight is 365 g/mol. The van der Waals surface area contributed by atoms with Gasteiger partial charge in [0.15, 0.2) is 0 Å². The largest absolute Gasteiger partial charge is 0.353 e. The lowest BCUT2D eigenvalue weighted by molar-refractivity contribution is -0.162. The molecule has 7 nitrogen and oxygen atoms in total.